The van der Waals surface area contributed by atoms with Gasteiger partial charge in [-0.1, -0.05) is 46.2 Å². The van der Waals surface area contributed by atoms with Crippen molar-refractivity contribution in [2.45, 2.75) is 59.5 Å². The lowest BCUT2D eigenvalue weighted by molar-refractivity contribution is -0.123. The molecule has 25 heavy (non-hydrogen) atoms. The van der Waals surface area contributed by atoms with Gasteiger partial charge in [-0.25, -0.2) is 9.18 Å². The van der Waals surface area contributed by atoms with Crippen molar-refractivity contribution in [2.24, 2.45) is 5.41 Å². The summed E-state index contributed by atoms with van der Waals surface area (Å²) in [5.41, 5.74) is 0.936. The fourth-order valence-corrected chi connectivity index (χ4v) is 2.24. The van der Waals surface area contributed by atoms with Gasteiger partial charge >= 0.3 is 6.03 Å². The molecule has 0 aromatic heterocycles. The van der Waals surface area contributed by atoms with Crippen LogP contribution in [0.25, 0.3) is 0 Å². The highest BCUT2D eigenvalue weighted by atomic mass is 19.1. The third-order valence-electron chi connectivity index (χ3n) is 3.74. The Morgan fingerprint density at radius 2 is 1.76 bits per heavy atom. The van der Waals surface area contributed by atoms with Crippen LogP contribution in [0.5, 0.6) is 0 Å². The first-order chi connectivity index (χ1) is 11.7. The highest BCUT2D eigenvalue weighted by Gasteiger charge is 2.20. The summed E-state index contributed by atoms with van der Waals surface area (Å²) >= 11 is 0. The molecule has 5 nitrogen and oxygen atoms in total. The van der Waals surface area contributed by atoms with Crippen LogP contribution in [-0.2, 0) is 11.3 Å². The normalized spacial score (nSPS) is 12.4. The smallest absolute Gasteiger partial charge is 0.315 e. The second-order valence-corrected chi connectivity index (χ2v) is 7.40. The molecule has 0 spiro atoms. The Morgan fingerprint density at radius 3 is 2.32 bits per heavy atom. The van der Waals surface area contributed by atoms with Crippen molar-refractivity contribution in [1.29, 1.82) is 0 Å². The van der Waals surface area contributed by atoms with Crippen LogP contribution in [0.1, 0.15) is 52.5 Å². The lowest BCUT2D eigenvalue weighted by atomic mass is 9.92. The Bertz CT molecular complexity index is 553. The number of carbonyl (C=O) groups excluding carboxylic acids is 2. The van der Waals surface area contributed by atoms with Crippen LogP contribution in [-0.4, -0.2) is 24.5 Å². The SMILES string of the molecule is CCCC(NC(=O)NCc1ccc(F)cc1)C(=O)NCCC(C)(C)C. The predicted octanol–water partition coefficient (Wildman–Crippen LogP) is 3.35. The van der Waals surface area contributed by atoms with Gasteiger partial charge in [0.25, 0.3) is 0 Å². The molecule has 0 saturated heterocycles. The van der Waals surface area contributed by atoms with Gasteiger partial charge in [0.05, 0.1) is 0 Å². The maximum absolute atomic E-state index is 12.9. The molecule has 1 aromatic carbocycles. The Balaban J connectivity index is 2.45. The number of hydrogen-bond donors (Lipinski definition) is 3. The molecule has 3 amide bonds. The molecule has 0 saturated carbocycles. The van der Waals surface area contributed by atoms with Gasteiger partial charge in [-0.3, -0.25) is 4.79 Å². The minimum atomic E-state index is -0.557. The van der Waals surface area contributed by atoms with Crippen molar-refractivity contribution >= 4 is 11.9 Å². The second kappa shape index (κ2) is 10.0. The van der Waals surface area contributed by atoms with E-state index in [1.54, 1.807) is 12.1 Å². The average Bonchev–Trinajstić information content (AvgIpc) is 2.52. The third kappa shape index (κ3) is 9.08. The maximum atomic E-state index is 12.9. The first-order valence-electron chi connectivity index (χ1n) is 8.78. The molecule has 1 unspecified atom stereocenters. The molecule has 6 heteroatoms. The van der Waals surface area contributed by atoms with E-state index in [4.69, 9.17) is 0 Å². The monoisotopic (exact) mass is 351 g/mol. The summed E-state index contributed by atoms with van der Waals surface area (Å²) in [7, 11) is 0. The number of carbonyl (C=O) groups is 2. The van der Waals surface area contributed by atoms with E-state index >= 15 is 0 Å². The lowest BCUT2D eigenvalue weighted by Crippen LogP contribution is -2.50. The van der Waals surface area contributed by atoms with E-state index in [-0.39, 0.29) is 23.7 Å². The standard InChI is InChI=1S/C19H30FN3O2/c1-5-6-16(17(24)21-12-11-19(2,3)4)23-18(25)22-13-14-7-9-15(20)10-8-14/h7-10,16H,5-6,11-13H2,1-4H3,(H,21,24)(H2,22,23,25). The van der Waals surface area contributed by atoms with Crippen molar-refractivity contribution in [1.82, 2.24) is 16.0 Å². The van der Waals surface area contributed by atoms with Crippen molar-refractivity contribution in [3.63, 3.8) is 0 Å². The molecule has 1 atom stereocenters. The minimum absolute atomic E-state index is 0.146. The second-order valence-electron chi connectivity index (χ2n) is 7.40. The van der Waals surface area contributed by atoms with Gasteiger partial charge in [-0.15, -0.1) is 0 Å². The predicted molar refractivity (Wildman–Crippen MR) is 97.5 cm³/mol. The summed E-state index contributed by atoms with van der Waals surface area (Å²) in [4.78, 5) is 24.3. The van der Waals surface area contributed by atoms with E-state index in [0.29, 0.717) is 13.0 Å². The van der Waals surface area contributed by atoms with Crippen LogP contribution in [0.15, 0.2) is 24.3 Å². The van der Waals surface area contributed by atoms with E-state index in [9.17, 15) is 14.0 Å². The largest absolute Gasteiger partial charge is 0.354 e. The molecule has 140 valence electrons. The van der Waals surface area contributed by atoms with E-state index < -0.39 is 12.1 Å². The molecular weight excluding hydrogens is 321 g/mol. The number of nitrogens with one attached hydrogen (secondary N) is 3. The summed E-state index contributed by atoms with van der Waals surface area (Å²) in [6.45, 7) is 9.17. The van der Waals surface area contributed by atoms with E-state index in [0.717, 1.165) is 18.4 Å². The number of hydrogen-bond acceptors (Lipinski definition) is 2. The lowest BCUT2D eigenvalue weighted by Gasteiger charge is -2.21. The van der Waals surface area contributed by atoms with Crippen LogP contribution in [0.3, 0.4) is 0 Å². The van der Waals surface area contributed by atoms with Crippen LogP contribution in [0.2, 0.25) is 0 Å². The molecule has 0 bridgehead atoms. The zero-order valence-corrected chi connectivity index (χ0v) is 15.6. The van der Waals surface area contributed by atoms with E-state index in [1.165, 1.54) is 12.1 Å². The van der Waals surface area contributed by atoms with E-state index in [1.807, 2.05) is 6.92 Å². The van der Waals surface area contributed by atoms with E-state index in [2.05, 4.69) is 36.7 Å². The molecule has 1 rings (SSSR count). The molecule has 0 aliphatic carbocycles. The number of amides is 3. The third-order valence-corrected chi connectivity index (χ3v) is 3.74. The van der Waals surface area contributed by atoms with Crippen LogP contribution in [0.4, 0.5) is 9.18 Å². The van der Waals surface area contributed by atoms with Gasteiger partial charge in [-0.05, 0) is 36.0 Å². The quantitative estimate of drug-likeness (QED) is 0.672. The zero-order chi connectivity index (χ0) is 18.9. The Morgan fingerprint density at radius 1 is 1.12 bits per heavy atom. The fraction of sp³-hybridized carbons (Fsp3) is 0.579. The molecule has 1 aromatic rings. The van der Waals surface area contributed by atoms with Gasteiger partial charge in [-0.2, -0.15) is 0 Å². The first kappa shape index (κ1) is 20.9. The van der Waals surface area contributed by atoms with Gasteiger partial charge < -0.3 is 16.0 Å². The van der Waals surface area contributed by atoms with Crippen LogP contribution < -0.4 is 16.0 Å². The van der Waals surface area contributed by atoms with Crippen LogP contribution >= 0.6 is 0 Å². The molecule has 0 radical (unpaired) electrons. The van der Waals surface area contributed by atoms with Gasteiger partial charge in [0.1, 0.15) is 11.9 Å². The highest BCUT2D eigenvalue weighted by molar-refractivity contribution is 5.86. The molecule has 3 N–H and O–H groups in total. The van der Waals surface area contributed by atoms with Crippen molar-refractivity contribution in [2.75, 3.05) is 6.54 Å². The van der Waals surface area contributed by atoms with Crippen molar-refractivity contribution in [3.8, 4) is 0 Å². The van der Waals surface area contributed by atoms with Gasteiger partial charge in [0, 0.05) is 13.1 Å². The summed E-state index contributed by atoms with van der Waals surface area (Å²) < 4.78 is 12.9. The number of benzene rings is 1. The zero-order valence-electron chi connectivity index (χ0n) is 15.6. The van der Waals surface area contributed by atoms with Crippen molar-refractivity contribution in [3.05, 3.63) is 35.6 Å². The summed E-state index contributed by atoms with van der Waals surface area (Å²) in [6.07, 6.45) is 2.23. The summed E-state index contributed by atoms with van der Waals surface area (Å²) in [5.74, 6) is -0.480. The van der Waals surface area contributed by atoms with Crippen LogP contribution in [0, 0.1) is 11.2 Å². The molecule has 0 aliphatic heterocycles. The number of urea groups is 1. The molecule has 0 aliphatic rings. The van der Waals surface area contributed by atoms with Gasteiger partial charge in [0.15, 0.2) is 0 Å². The Labute approximate surface area is 149 Å². The summed E-state index contributed by atoms with van der Waals surface area (Å²) in [6, 6.07) is 4.94. The maximum Gasteiger partial charge on any atom is 0.315 e. The average molecular weight is 351 g/mol. The molecular formula is C19H30FN3O2. The number of rotatable bonds is 8. The Hall–Kier alpha value is -2.11. The molecule has 0 heterocycles. The summed E-state index contributed by atoms with van der Waals surface area (Å²) in [5, 5.41) is 8.29. The molecule has 0 fully saturated rings. The minimum Gasteiger partial charge on any atom is -0.354 e. The highest BCUT2D eigenvalue weighted by Crippen LogP contribution is 2.17. The Kier molecular flexibility index (Phi) is 8.38. The topological polar surface area (TPSA) is 70.2 Å². The van der Waals surface area contributed by atoms with Crippen molar-refractivity contribution < 1.29 is 14.0 Å². The van der Waals surface area contributed by atoms with Gasteiger partial charge in [0.2, 0.25) is 5.91 Å². The fourth-order valence-electron chi connectivity index (χ4n) is 2.24. The first-order valence-corrected chi connectivity index (χ1v) is 8.78. The number of halogens is 1.